The number of aromatic amines is 1. The van der Waals surface area contributed by atoms with Crippen molar-refractivity contribution in [1.29, 1.82) is 0 Å². The summed E-state index contributed by atoms with van der Waals surface area (Å²) in [7, 11) is 1.53. The fraction of sp³-hybridized carbons (Fsp3) is 0.167. The molecule has 18 heavy (non-hydrogen) atoms. The first-order valence-electron chi connectivity index (χ1n) is 5.26. The van der Waals surface area contributed by atoms with Crippen LogP contribution in [0.3, 0.4) is 0 Å². The highest BCUT2D eigenvalue weighted by Crippen LogP contribution is 2.27. The summed E-state index contributed by atoms with van der Waals surface area (Å²) in [6.07, 6.45) is 1.48. The molecule has 0 unspecified atom stereocenters. The van der Waals surface area contributed by atoms with Crippen LogP contribution in [0.1, 0.15) is 16.2 Å². The molecule has 6 heteroatoms. The first kappa shape index (κ1) is 12.4. The van der Waals surface area contributed by atoms with Crippen molar-refractivity contribution in [3.63, 3.8) is 0 Å². The molecule has 1 aromatic heterocycles. The van der Waals surface area contributed by atoms with Gasteiger partial charge >= 0.3 is 0 Å². The van der Waals surface area contributed by atoms with E-state index in [0.29, 0.717) is 27.8 Å². The molecule has 2 rings (SSSR count). The van der Waals surface area contributed by atoms with Gasteiger partial charge < -0.3 is 15.0 Å². The largest absolute Gasteiger partial charge is 0.495 e. The van der Waals surface area contributed by atoms with Crippen molar-refractivity contribution in [2.45, 2.75) is 6.92 Å². The Morgan fingerprint density at radius 3 is 2.83 bits per heavy atom. The predicted octanol–water partition coefficient (Wildman–Crippen LogP) is 2.63. The van der Waals surface area contributed by atoms with E-state index in [-0.39, 0.29) is 5.91 Å². The zero-order valence-electron chi connectivity index (χ0n) is 9.95. The van der Waals surface area contributed by atoms with Gasteiger partial charge in [-0.25, -0.2) is 4.98 Å². The molecule has 2 aromatic rings. The maximum atomic E-state index is 11.9. The SMILES string of the molecule is COc1ccc(NC(=O)c2nc[nH]c2C)cc1Cl. The Balaban J connectivity index is 2.17. The van der Waals surface area contributed by atoms with E-state index in [2.05, 4.69) is 15.3 Å². The highest BCUT2D eigenvalue weighted by atomic mass is 35.5. The average Bonchev–Trinajstić information content (AvgIpc) is 2.76. The molecule has 1 amide bonds. The highest BCUT2D eigenvalue weighted by Gasteiger charge is 2.12. The summed E-state index contributed by atoms with van der Waals surface area (Å²) >= 11 is 5.97. The maximum Gasteiger partial charge on any atom is 0.276 e. The highest BCUT2D eigenvalue weighted by molar-refractivity contribution is 6.32. The number of benzene rings is 1. The molecule has 0 aliphatic heterocycles. The molecule has 0 saturated carbocycles. The first-order valence-corrected chi connectivity index (χ1v) is 5.64. The van der Waals surface area contributed by atoms with Crippen LogP contribution in [0.4, 0.5) is 5.69 Å². The first-order chi connectivity index (χ1) is 8.61. The minimum atomic E-state index is -0.282. The quantitative estimate of drug-likeness (QED) is 0.896. The number of H-pyrrole nitrogens is 1. The number of hydrogen-bond acceptors (Lipinski definition) is 3. The number of imidazole rings is 1. The van der Waals surface area contributed by atoms with E-state index >= 15 is 0 Å². The fourth-order valence-electron chi connectivity index (χ4n) is 1.52. The Kier molecular flexibility index (Phi) is 3.53. The summed E-state index contributed by atoms with van der Waals surface area (Å²) in [5.41, 5.74) is 1.67. The van der Waals surface area contributed by atoms with Crippen molar-refractivity contribution in [1.82, 2.24) is 9.97 Å². The second kappa shape index (κ2) is 5.10. The summed E-state index contributed by atoms with van der Waals surface area (Å²) in [5.74, 6) is 0.278. The molecule has 0 aliphatic rings. The van der Waals surface area contributed by atoms with Crippen LogP contribution < -0.4 is 10.1 Å². The van der Waals surface area contributed by atoms with Crippen molar-refractivity contribution in [3.05, 3.63) is 40.9 Å². The van der Waals surface area contributed by atoms with Crippen molar-refractivity contribution < 1.29 is 9.53 Å². The second-order valence-electron chi connectivity index (χ2n) is 3.68. The zero-order chi connectivity index (χ0) is 13.1. The van der Waals surface area contributed by atoms with Gasteiger partial charge in [0, 0.05) is 11.4 Å². The van der Waals surface area contributed by atoms with E-state index in [1.807, 2.05) is 0 Å². The molecule has 2 N–H and O–H groups in total. The van der Waals surface area contributed by atoms with Gasteiger partial charge in [0.25, 0.3) is 5.91 Å². The number of rotatable bonds is 3. The molecule has 0 atom stereocenters. The Morgan fingerprint density at radius 1 is 1.50 bits per heavy atom. The molecule has 5 nitrogen and oxygen atoms in total. The number of nitrogens with one attached hydrogen (secondary N) is 2. The average molecular weight is 266 g/mol. The predicted molar refractivity (Wildman–Crippen MR) is 69.3 cm³/mol. The van der Waals surface area contributed by atoms with Gasteiger partial charge in [-0.2, -0.15) is 0 Å². The number of anilines is 1. The summed E-state index contributed by atoms with van der Waals surface area (Å²) in [5, 5.41) is 3.15. The van der Waals surface area contributed by atoms with Gasteiger partial charge in [-0.1, -0.05) is 11.6 Å². The van der Waals surface area contributed by atoms with Gasteiger partial charge in [0.15, 0.2) is 0 Å². The summed E-state index contributed by atoms with van der Waals surface area (Å²) < 4.78 is 5.03. The summed E-state index contributed by atoms with van der Waals surface area (Å²) in [4.78, 5) is 18.7. The van der Waals surface area contributed by atoms with Crippen LogP contribution in [0.25, 0.3) is 0 Å². The topological polar surface area (TPSA) is 67.0 Å². The molecule has 1 aromatic carbocycles. The molecule has 0 radical (unpaired) electrons. The number of carbonyl (C=O) groups is 1. The van der Waals surface area contributed by atoms with E-state index in [4.69, 9.17) is 16.3 Å². The van der Waals surface area contributed by atoms with Gasteiger partial charge in [-0.15, -0.1) is 0 Å². The lowest BCUT2D eigenvalue weighted by atomic mass is 10.2. The van der Waals surface area contributed by atoms with Crippen molar-refractivity contribution >= 4 is 23.2 Å². The van der Waals surface area contributed by atoms with E-state index in [1.165, 1.54) is 13.4 Å². The van der Waals surface area contributed by atoms with Gasteiger partial charge in [0.2, 0.25) is 0 Å². The molecule has 0 bridgehead atoms. The maximum absolute atomic E-state index is 11.9. The van der Waals surface area contributed by atoms with Crippen LogP contribution in [-0.4, -0.2) is 23.0 Å². The minimum Gasteiger partial charge on any atom is -0.495 e. The number of amides is 1. The van der Waals surface area contributed by atoms with Crippen molar-refractivity contribution in [3.8, 4) is 5.75 Å². The molecule has 0 saturated heterocycles. The molecule has 0 aliphatic carbocycles. The van der Waals surface area contributed by atoms with Crippen molar-refractivity contribution in [2.24, 2.45) is 0 Å². The second-order valence-corrected chi connectivity index (χ2v) is 4.09. The third-order valence-electron chi connectivity index (χ3n) is 2.45. The standard InChI is InChI=1S/C12H12ClN3O2/c1-7-11(15-6-14-7)12(17)16-8-3-4-10(18-2)9(13)5-8/h3-6H,1-2H3,(H,14,15)(H,16,17). The molecule has 0 fully saturated rings. The third kappa shape index (κ3) is 2.46. The lowest BCUT2D eigenvalue weighted by molar-refractivity contribution is 0.102. The van der Waals surface area contributed by atoms with E-state index < -0.39 is 0 Å². The Hall–Kier alpha value is -2.01. The number of methoxy groups -OCH3 is 1. The zero-order valence-corrected chi connectivity index (χ0v) is 10.7. The number of hydrogen-bond donors (Lipinski definition) is 2. The Bertz CT molecular complexity index is 580. The van der Waals surface area contributed by atoms with Crippen LogP contribution in [0.15, 0.2) is 24.5 Å². The van der Waals surface area contributed by atoms with Crippen LogP contribution in [-0.2, 0) is 0 Å². The summed E-state index contributed by atoms with van der Waals surface area (Å²) in [6.45, 7) is 1.78. The molecule has 0 spiro atoms. The van der Waals surface area contributed by atoms with Gasteiger partial charge in [0.05, 0.1) is 18.5 Å². The van der Waals surface area contributed by atoms with Crippen LogP contribution in [0.5, 0.6) is 5.75 Å². The van der Waals surface area contributed by atoms with Crippen molar-refractivity contribution in [2.75, 3.05) is 12.4 Å². The van der Waals surface area contributed by atoms with Gasteiger partial charge in [0.1, 0.15) is 11.4 Å². The van der Waals surface area contributed by atoms with Crippen LogP contribution >= 0.6 is 11.6 Å². The summed E-state index contributed by atoms with van der Waals surface area (Å²) in [6, 6.07) is 5.03. The minimum absolute atomic E-state index is 0.282. The van der Waals surface area contributed by atoms with Gasteiger partial charge in [-0.3, -0.25) is 4.79 Å². The van der Waals surface area contributed by atoms with E-state index in [1.54, 1.807) is 25.1 Å². The molecular formula is C12H12ClN3O2. The van der Waals surface area contributed by atoms with E-state index in [9.17, 15) is 4.79 Å². The number of halogens is 1. The van der Waals surface area contributed by atoms with Crippen LogP contribution in [0.2, 0.25) is 5.02 Å². The normalized spacial score (nSPS) is 10.2. The Labute approximate surface area is 109 Å². The third-order valence-corrected chi connectivity index (χ3v) is 2.75. The van der Waals surface area contributed by atoms with E-state index in [0.717, 1.165) is 0 Å². The molecular weight excluding hydrogens is 254 g/mol. The molecule has 94 valence electrons. The molecule has 1 heterocycles. The van der Waals surface area contributed by atoms with Gasteiger partial charge in [-0.05, 0) is 25.1 Å². The lowest BCUT2D eigenvalue weighted by Crippen LogP contribution is -2.13. The van der Waals surface area contributed by atoms with Crippen LogP contribution in [0, 0.1) is 6.92 Å². The number of nitrogens with zero attached hydrogens (tertiary/aromatic N) is 1. The smallest absolute Gasteiger partial charge is 0.276 e. The number of carbonyl (C=O) groups excluding carboxylic acids is 1. The number of aromatic nitrogens is 2. The fourth-order valence-corrected chi connectivity index (χ4v) is 1.78. The lowest BCUT2D eigenvalue weighted by Gasteiger charge is -2.07. The monoisotopic (exact) mass is 265 g/mol. The number of aryl methyl sites for hydroxylation is 1. The Morgan fingerprint density at radius 2 is 2.28 bits per heavy atom. The number of ether oxygens (including phenoxy) is 1.